The van der Waals surface area contributed by atoms with Gasteiger partial charge in [0, 0.05) is 0 Å². The average molecular weight is 200 g/mol. The summed E-state index contributed by atoms with van der Waals surface area (Å²) in [5.74, 6) is 4.72. The number of benzene rings is 1. The molecular weight excluding hydrogens is 192 g/mol. The average Bonchev–Trinajstić information content (AvgIpc) is 2.15. The second-order valence-electron chi connectivity index (χ2n) is 2.11. The summed E-state index contributed by atoms with van der Waals surface area (Å²) >= 11 is -1.95. The van der Waals surface area contributed by atoms with Gasteiger partial charge in [-0.15, -0.1) is 0 Å². The van der Waals surface area contributed by atoms with E-state index in [2.05, 4.69) is 9.83 Å². The van der Waals surface area contributed by atoms with Crippen molar-refractivity contribution in [2.75, 3.05) is 0 Å². The molecule has 0 bridgehead atoms. The summed E-state index contributed by atoms with van der Waals surface area (Å²) in [4.78, 5) is 8.22. The van der Waals surface area contributed by atoms with Crippen molar-refractivity contribution in [2.24, 2.45) is 10.9 Å². The number of aliphatic imine (C=N–C) groups is 1. The minimum absolute atomic E-state index is 0.326. The summed E-state index contributed by atoms with van der Waals surface area (Å²) in [6, 6.07) is 6.16. The molecule has 0 aliphatic carbocycles. The molecule has 0 fully saturated rings. The fourth-order valence-electron chi connectivity index (χ4n) is 0.740. The summed E-state index contributed by atoms with van der Waals surface area (Å²) in [5, 5.41) is 0. The van der Waals surface area contributed by atoms with Crippen LogP contribution in [0.2, 0.25) is 0 Å². The lowest BCUT2D eigenvalue weighted by Crippen LogP contribution is -1.93. The maximum atomic E-state index is 10.6. The zero-order chi connectivity index (χ0) is 9.68. The quantitative estimate of drug-likeness (QED) is 0.327. The van der Waals surface area contributed by atoms with Crippen LogP contribution in [0.15, 0.2) is 34.2 Å². The van der Waals surface area contributed by atoms with Gasteiger partial charge >= 0.3 is 0 Å². The summed E-state index contributed by atoms with van der Waals surface area (Å²) in [6.07, 6.45) is 1.07. The van der Waals surface area contributed by atoms with Crippen LogP contribution in [0, 0.1) is 0 Å². The smallest absolute Gasteiger partial charge is 0.201 e. The van der Waals surface area contributed by atoms with Crippen molar-refractivity contribution in [1.29, 1.82) is 0 Å². The van der Waals surface area contributed by atoms with E-state index < -0.39 is 11.1 Å². The molecule has 70 valence electrons. The number of hydrogen-bond donors (Lipinski definition) is 2. The van der Waals surface area contributed by atoms with E-state index in [9.17, 15) is 4.21 Å². The highest BCUT2D eigenvalue weighted by molar-refractivity contribution is 7.79. The molecule has 1 aromatic rings. The van der Waals surface area contributed by atoms with Gasteiger partial charge in [0.1, 0.15) is 0 Å². The number of rotatable bonds is 3. The van der Waals surface area contributed by atoms with Crippen LogP contribution in [0.3, 0.4) is 0 Å². The molecule has 1 aromatic carbocycles. The lowest BCUT2D eigenvalue weighted by atomic mass is 10.3. The Kier molecular flexibility index (Phi) is 3.56. The predicted octanol–water partition coefficient (Wildman–Crippen LogP) is 0.817. The Morgan fingerprint density at radius 2 is 2.08 bits per heavy atom. The van der Waals surface area contributed by atoms with Gasteiger partial charge in [0.2, 0.25) is 6.40 Å². The minimum atomic E-state index is -1.95. The van der Waals surface area contributed by atoms with Crippen molar-refractivity contribution in [3.8, 4) is 0 Å². The molecule has 5 nitrogen and oxygen atoms in total. The first-order valence-electron chi connectivity index (χ1n) is 3.33. The first-order valence-corrected chi connectivity index (χ1v) is 4.43. The molecule has 0 radical (unpaired) electrons. The van der Waals surface area contributed by atoms with Gasteiger partial charge in [0.05, 0.1) is 10.6 Å². The van der Waals surface area contributed by atoms with Crippen LogP contribution >= 0.6 is 0 Å². The van der Waals surface area contributed by atoms with Crippen molar-refractivity contribution in [3.05, 3.63) is 24.3 Å². The second-order valence-corrected chi connectivity index (χ2v) is 3.08. The van der Waals surface area contributed by atoms with E-state index in [4.69, 9.17) is 10.4 Å². The molecule has 0 saturated heterocycles. The van der Waals surface area contributed by atoms with Crippen LogP contribution in [-0.2, 0) is 15.9 Å². The van der Waals surface area contributed by atoms with Crippen LogP contribution in [0.5, 0.6) is 0 Å². The van der Waals surface area contributed by atoms with Crippen molar-refractivity contribution in [2.45, 2.75) is 4.90 Å². The first kappa shape index (κ1) is 9.85. The SMILES string of the molecule is NOC=Nc1ccc(S(=O)O)cc1. The van der Waals surface area contributed by atoms with Gasteiger partial charge in [-0.2, -0.15) is 5.90 Å². The van der Waals surface area contributed by atoms with Gasteiger partial charge in [-0.1, -0.05) is 0 Å². The van der Waals surface area contributed by atoms with Crippen molar-refractivity contribution >= 4 is 23.2 Å². The largest absolute Gasteiger partial charge is 0.399 e. The Hall–Kier alpha value is -1.24. The summed E-state index contributed by atoms with van der Waals surface area (Å²) in [5.41, 5.74) is 0.597. The Balaban J connectivity index is 2.81. The third-order valence-corrected chi connectivity index (χ3v) is 1.98. The maximum absolute atomic E-state index is 10.6. The van der Waals surface area contributed by atoms with Crippen LogP contribution in [0.25, 0.3) is 0 Å². The van der Waals surface area contributed by atoms with Gasteiger partial charge in [-0.25, -0.2) is 9.20 Å². The van der Waals surface area contributed by atoms with Gasteiger partial charge in [0.25, 0.3) is 0 Å². The third kappa shape index (κ3) is 2.94. The minimum Gasteiger partial charge on any atom is -0.399 e. The molecule has 0 saturated carbocycles. The van der Waals surface area contributed by atoms with Gasteiger partial charge < -0.3 is 9.39 Å². The molecule has 1 unspecified atom stereocenters. The molecule has 0 heterocycles. The zero-order valence-electron chi connectivity index (χ0n) is 6.58. The molecular formula is C7H8N2O3S. The van der Waals surface area contributed by atoms with Crippen LogP contribution < -0.4 is 5.90 Å². The van der Waals surface area contributed by atoms with Crippen molar-refractivity contribution in [1.82, 2.24) is 0 Å². The molecule has 0 spiro atoms. The van der Waals surface area contributed by atoms with Crippen LogP contribution in [0.1, 0.15) is 0 Å². The van der Waals surface area contributed by atoms with Crippen LogP contribution in [0.4, 0.5) is 5.69 Å². The molecule has 0 aliphatic heterocycles. The fraction of sp³-hybridized carbons (Fsp3) is 0. The van der Waals surface area contributed by atoms with E-state index in [-0.39, 0.29) is 0 Å². The van der Waals surface area contributed by atoms with E-state index in [0.29, 0.717) is 10.6 Å². The van der Waals surface area contributed by atoms with E-state index in [1.807, 2.05) is 0 Å². The predicted molar refractivity (Wildman–Crippen MR) is 48.9 cm³/mol. The summed E-state index contributed by atoms with van der Waals surface area (Å²) < 4.78 is 19.2. The van der Waals surface area contributed by atoms with E-state index in [0.717, 1.165) is 6.40 Å². The molecule has 0 aromatic heterocycles. The lowest BCUT2D eigenvalue weighted by molar-refractivity contribution is 0.338. The van der Waals surface area contributed by atoms with E-state index in [1.54, 1.807) is 12.1 Å². The number of nitrogens with two attached hydrogens (primary N) is 1. The summed E-state index contributed by atoms with van der Waals surface area (Å²) in [6.45, 7) is 0. The number of hydrogen-bond acceptors (Lipinski definition) is 4. The Labute approximate surface area is 77.5 Å². The topological polar surface area (TPSA) is 84.9 Å². The Morgan fingerprint density at radius 3 is 2.54 bits per heavy atom. The Bertz CT molecular complexity index is 323. The highest BCUT2D eigenvalue weighted by Gasteiger charge is 1.97. The first-order chi connectivity index (χ1) is 6.24. The summed E-state index contributed by atoms with van der Waals surface area (Å²) in [7, 11) is 0. The Morgan fingerprint density at radius 1 is 1.46 bits per heavy atom. The lowest BCUT2D eigenvalue weighted by Gasteiger charge is -1.95. The molecule has 13 heavy (non-hydrogen) atoms. The van der Waals surface area contributed by atoms with Crippen molar-refractivity contribution < 1.29 is 13.6 Å². The highest BCUT2D eigenvalue weighted by atomic mass is 32.2. The van der Waals surface area contributed by atoms with Crippen molar-refractivity contribution in [3.63, 3.8) is 0 Å². The zero-order valence-corrected chi connectivity index (χ0v) is 7.40. The monoisotopic (exact) mass is 200 g/mol. The normalized spacial score (nSPS) is 13.1. The highest BCUT2D eigenvalue weighted by Crippen LogP contribution is 2.13. The van der Waals surface area contributed by atoms with Gasteiger partial charge in [-0.05, 0) is 24.3 Å². The van der Waals surface area contributed by atoms with Gasteiger partial charge in [-0.3, -0.25) is 0 Å². The van der Waals surface area contributed by atoms with Crippen LogP contribution in [-0.4, -0.2) is 15.2 Å². The molecule has 1 atom stereocenters. The standard InChI is InChI=1S/C7H8N2O3S/c8-12-5-9-6-1-3-7(4-2-6)13(10)11/h1-5H,8H2,(H,10,11). The molecule has 3 N–H and O–H groups in total. The van der Waals surface area contributed by atoms with E-state index >= 15 is 0 Å². The number of nitrogens with zero attached hydrogens (tertiary/aromatic N) is 1. The molecule has 0 aliphatic rings. The molecule has 6 heteroatoms. The molecule has 0 amide bonds. The fourth-order valence-corrected chi connectivity index (χ4v) is 1.11. The second kappa shape index (κ2) is 4.70. The molecule has 1 rings (SSSR count). The van der Waals surface area contributed by atoms with E-state index in [1.165, 1.54) is 12.1 Å². The van der Waals surface area contributed by atoms with Gasteiger partial charge in [0.15, 0.2) is 11.1 Å². The maximum Gasteiger partial charge on any atom is 0.201 e. The third-order valence-electron chi connectivity index (χ3n) is 1.30.